The summed E-state index contributed by atoms with van der Waals surface area (Å²) in [7, 11) is 0. The van der Waals surface area contributed by atoms with Gasteiger partial charge in [-0.1, -0.05) is 43.2 Å². The Balaban J connectivity index is 3.57. The number of allylic oxidation sites excluding steroid dienone is 6. The van der Waals surface area contributed by atoms with E-state index in [0.717, 1.165) is 6.42 Å². The van der Waals surface area contributed by atoms with Crippen LogP contribution in [0.15, 0.2) is 36.5 Å². The third-order valence-electron chi connectivity index (χ3n) is 1.03. The summed E-state index contributed by atoms with van der Waals surface area (Å²) in [5.41, 5.74) is 0. The zero-order chi connectivity index (χ0) is 8.36. The number of hydrogen-bond acceptors (Lipinski definition) is 0. The molecule has 0 aliphatic heterocycles. The molecule has 0 amide bonds. The number of rotatable bonds is 3. The minimum atomic E-state index is 1.09. The normalized spacial score (nSPS) is 11.1. The smallest absolute Gasteiger partial charge is 0.00235 e. The van der Waals surface area contributed by atoms with Crippen molar-refractivity contribution < 1.29 is 0 Å². The Bertz CT molecular complexity index is 206. The Kier molecular flexibility index (Phi) is 7.81. The van der Waals surface area contributed by atoms with Crippen molar-refractivity contribution in [2.24, 2.45) is 0 Å². The molecule has 0 rings (SSSR count). The maximum atomic E-state index is 2.83. The lowest BCUT2D eigenvalue weighted by Crippen LogP contribution is -1.52. The van der Waals surface area contributed by atoms with Crippen LogP contribution in [0.25, 0.3) is 0 Å². The maximum Gasteiger partial charge on any atom is -0.00235 e. The predicted molar refractivity (Wildman–Crippen MR) is 51.2 cm³/mol. The highest BCUT2D eigenvalue weighted by molar-refractivity contribution is 5.20. The fourth-order valence-corrected chi connectivity index (χ4v) is 0.530. The quantitative estimate of drug-likeness (QED) is 0.424. The molecule has 0 saturated carbocycles. The number of hydrogen-bond donors (Lipinski definition) is 0. The van der Waals surface area contributed by atoms with E-state index in [2.05, 4.69) is 24.8 Å². The molecule has 0 nitrogen and oxygen atoms in total. The minimum Gasteiger partial charge on any atom is -0.102 e. The van der Waals surface area contributed by atoms with E-state index in [4.69, 9.17) is 0 Å². The lowest BCUT2D eigenvalue weighted by atomic mass is 10.3. The molecule has 0 bridgehead atoms. The summed E-state index contributed by atoms with van der Waals surface area (Å²) >= 11 is 0. The van der Waals surface area contributed by atoms with Crippen LogP contribution in [0.5, 0.6) is 0 Å². The van der Waals surface area contributed by atoms with Gasteiger partial charge in [0.2, 0.25) is 0 Å². The van der Waals surface area contributed by atoms with Crippen LogP contribution in [-0.4, -0.2) is 0 Å². The van der Waals surface area contributed by atoms with Gasteiger partial charge in [-0.2, -0.15) is 0 Å². The van der Waals surface area contributed by atoms with Gasteiger partial charge in [-0.25, -0.2) is 0 Å². The van der Waals surface area contributed by atoms with Gasteiger partial charge in [0.15, 0.2) is 0 Å². The average Bonchev–Trinajstić information content (AvgIpc) is 2.03. The second-order valence-electron chi connectivity index (χ2n) is 1.97. The highest BCUT2D eigenvalue weighted by atomic mass is 13.7. The summed E-state index contributed by atoms with van der Waals surface area (Å²) < 4.78 is 0. The van der Waals surface area contributed by atoms with Gasteiger partial charge in [-0.3, -0.25) is 0 Å². The van der Waals surface area contributed by atoms with Crippen molar-refractivity contribution in [1.82, 2.24) is 0 Å². The van der Waals surface area contributed by atoms with Gasteiger partial charge in [0.05, 0.1) is 0 Å². The van der Waals surface area contributed by atoms with E-state index in [9.17, 15) is 0 Å². The first kappa shape index (κ1) is 9.78. The molecule has 0 aromatic heterocycles. The van der Waals surface area contributed by atoms with Crippen LogP contribution in [0.2, 0.25) is 0 Å². The molecular weight excluding hydrogens is 132 g/mol. The topological polar surface area (TPSA) is 0 Å². The third kappa shape index (κ3) is 8.78. The van der Waals surface area contributed by atoms with Gasteiger partial charge in [-0.15, -0.1) is 5.92 Å². The largest absolute Gasteiger partial charge is 0.102 e. The van der Waals surface area contributed by atoms with E-state index in [1.54, 1.807) is 0 Å². The maximum absolute atomic E-state index is 2.83. The van der Waals surface area contributed by atoms with Gasteiger partial charge in [0.1, 0.15) is 0 Å². The van der Waals surface area contributed by atoms with E-state index in [1.165, 1.54) is 0 Å². The van der Waals surface area contributed by atoms with E-state index in [1.807, 2.05) is 37.3 Å². The highest BCUT2D eigenvalue weighted by Crippen LogP contribution is 1.82. The molecule has 0 spiro atoms. The van der Waals surface area contributed by atoms with Crippen molar-refractivity contribution in [3.8, 4) is 11.8 Å². The van der Waals surface area contributed by atoms with E-state index in [-0.39, 0.29) is 0 Å². The SMILES string of the molecule is CC#C\C=C/C=C/C=C/CC. The fourth-order valence-electron chi connectivity index (χ4n) is 0.530. The van der Waals surface area contributed by atoms with Crippen LogP contribution >= 0.6 is 0 Å². The molecule has 0 unspecified atom stereocenters. The zero-order valence-corrected chi connectivity index (χ0v) is 7.17. The van der Waals surface area contributed by atoms with E-state index >= 15 is 0 Å². The zero-order valence-electron chi connectivity index (χ0n) is 7.17. The van der Waals surface area contributed by atoms with Gasteiger partial charge < -0.3 is 0 Å². The Morgan fingerprint density at radius 2 is 1.82 bits per heavy atom. The first-order valence-corrected chi connectivity index (χ1v) is 3.82. The van der Waals surface area contributed by atoms with Crippen LogP contribution in [0.4, 0.5) is 0 Å². The van der Waals surface area contributed by atoms with Gasteiger partial charge >= 0.3 is 0 Å². The summed E-state index contributed by atoms with van der Waals surface area (Å²) in [6, 6.07) is 0. The van der Waals surface area contributed by atoms with Crippen molar-refractivity contribution in [2.45, 2.75) is 20.3 Å². The Labute approximate surface area is 69.3 Å². The fraction of sp³-hybridized carbons (Fsp3) is 0.273. The van der Waals surface area contributed by atoms with Crippen molar-refractivity contribution in [3.05, 3.63) is 36.5 Å². The predicted octanol–water partition coefficient (Wildman–Crippen LogP) is 3.09. The second kappa shape index (κ2) is 8.78. The first-order chi connectivity index (χ1) is 5.41. The van der Waals surface area contributed by atoms with Gasteiger partial charge in [-0.05, 0) is 19.4 Å². The molecule has 0 aliphatic rings. The van der Waals surface area contributed by atoms with E-state index in [0.29, 0.717) is 0 Å². The molecule has 0 heteroatoms. The van der Waals surface area contributed by atoms with Crippen LogP contribution in [0.3, 0.4) is 0 Å². The molecule has 58 valence electrons. The lowest BCUT2D eigenvalue weighted by molar-refractivity contribution is 1.22. The van der Waals surface area contributed by atoms with E-state index < -0.39 is 0 Å². The minimum absolute atomic E-state index is 1.09. The van der Waals surface area contributed by atoms with Crippen molar-refractivity contribution in [3.63, 3.8) is 0 Å². The molecule has 0 heterocycles. The van der Waals surface area contributed by atoms with Crippen LogP contribution in [-0.2, 0) is 0 Å². The van der Waals surface area contributed by atoms with Crippen molar-refractivity contribution in [2.75, 3.05) is 0 Å². The second-order valence-corrected chi connectivity index (χ2v) is 1.97. The van der Waals surface area contributed by atoms with Gasteiger partial charge in [0.25, 0.3) is 0 Å². The molecule has 0 N–H and O–H groups in total. The third-order valence-corrected chi connectivity index (χ3v) is 1.03. The molecule has 0 aromatic rings. The summed E-state index contributed by atoms with van der Waals surface area (Å²) in [4.78, 5) is 0. The molecule has 0 saturated heterocycles. The van der Waals surface area contributed by atoms with Crippen molar-refractivity contribution >= 4 is 0 Å². The summed E-state index contributed by atoms with van der Waals surface area (Å²) in [5, 5.41) is 0. The highest BCUT2D eigenvalue weighted by Gasteiger charge is 1.61. The standard InChI is InChI=1S/C11H14/c1-3-5-7-9-11-10-8-6-4-2/h5,7-11H,3H2,1-2H3/b7-5+,10-8-,11-9+. The van der Waals surface area contributed by atoms with Gasteiger partial charge in [0, 0.05) is 0 Å². The van der Waals surface area contributed by atoms with Crippen LogP contribution in [0, 0.1) is 11.8 Å². The molecular formula is C11H14. The lowest BCUT2D eigenvalue weighted by Gasteiger charge is -1.72. The average molecular weight is 146 g/mol. The summed E-state index contributed by atoms with van der Waals surface area (Å²) in [5.74, 6) is 5.61. The summed E-state index contributed by atoms with van der Waals surface area (Å²) in [6.45, 7) is 3.94. The molecule has 11 heavy (non-hydrogen) atoms. The van der Waals surface area contributed by atoms with Crippen LogP contribution < -0.4 is 0 Å². The first-order valence-electron chi connectivity index (χ1n) is 3.82. The van der Waals surface area contributed by atoms with Crippen LogP contribution in [0.1, 0.15) is 20.3 Å². The Morgan fingerprint density at radius 1 is 1.09 bits per heavy atom. The molecule has 0 aromatic carbocycles. The van der Waals surface area contributed by atoms with Crippen molar-refractivity contribution in [1.29, 1.82) is 0 Å². The molecule has 0 aliphatic carbocycles. The monoisotopic (exact) mass is 146 g/mol. The summed E-state index contributed by atoms with van der Waals surface area (Å²) in [6.07, 6.45) is 12.9. The molecule has 0 atom stereocenters. The Hall–Kier alpha value is -1.22. The Morgan fingerprint density at radius 3 is 2.45 bits per heavy atom. The molecule has 0 radical (unpaired) electrons. The molecule has 0 fully saturated rings.